The van der Waals surface area contributed by atoms with Crippen LogP contribution in [0.1, 0.15) is 19.4 Å². The third-order valence-electron chi connectivity index (χ3n) is 2.74. The zero-order valence-corrected chi connectivity index (χ0v) is 12.6. The third kappa shape index (κ3) is 3.72. The number of aromatic nitrogens is 2. The predicted octanol–water partition coefficient (Wildman–Crippen LogP) is 2.16. The number of pyridine rings is 2. The molecular weight excluding hydrogens is 252 g/mol. The number of aryl methyl sites for hydroxylation is 1. The number of ether oxygens (including phenoxy) is 1. The quantitative estimate of drug-likeness (QED) is 0.781. The Kier molecular flexibility index (Phi) is 4.82. The Bertz CT molecular complexity index is 528. The van der Waals surface area contributed by atoms with Crippen LogP contribution in [-0.2, 0) is 4.74 Å². The van der Waals surface area contributed by atoms with E-state index in [9.17, 15) is 0 Å². The molecule has 4 heteroatoms. The second-order valence-electron chi connectivity index (χ2n) is 4.36. The van der Waals surface area contributed by atoms with Gasteiger partial charge in [-0.25, -0.2) is 0 Å². The maximum absolute atomic E-state index is 5.62. The van der Waals surface area contributed by atoms with Gasteiger partial charge in [0.25, 0.3) is 0 Å². The first-order valence-electron chi connectivity index (χ1n) is 6.47. The van der Waals surface area contributed by atoms with E-state index in [1.165, 1.54) is 5.19 Å². The molecule has 0 fully saturated rings. The van der Waals surface area contributed by atoms with Gasteiger partial charge in [-0.3, -0.25) is 9.97 Å². The summed E-state index contributed by atoms with van der Waals surface area (Å²) in [6.45, 7) is 6.90. The Morgan fingerprint density at radius 1 is 1.26 bits per heavy atom. The Balaban J connectivity index is 2.28. The molecule has 1 unspecified atom stereocenters. The largest absolute Gasteiger partial charge is 0.382 e. The Hall–Kier alpha value is -1.52. The minimum atomic E-state index is 0.221. The van der Waals surface area contributed by atoms with Crippen LogP contribution < -0.4 is 5.19 Å². The first kappa shape index (κ1) is 13.9. The van der Waals surface area contributed by atoms with E-state index in [-0.39, 0.29) is 5.73 Å². The summed E-state index contributed by atoms with van der Waals surface area (Å²) < 4.78 is 5.62. The first-order valence-corrected chi connectivity index (χ1v) is 7.54. The number of hydrogen-bond donors (Lipinski definition) is 0. The SMILES string of the molecule is CCOC(C)[Si]c1cccnc1-c1ccc(C)cn1. The first-order chi connectivity index (χ1) is 9.20. The van der Waals surface area contributed by atoms with Gasteiger partial charge in [-0.1, -0.05) is 12.1 Å². The van der Waals surface area contributed by atoms with Gasteiger partial charge < -0.3 is 4.74 Å². The topological polar surface area (TPSA) is 35.0 Å². The summed E-state index contributed by atoms with van der Waals surface area (Å²) in [5.41, 5.74) is 3.27. The molecule has 0 amide bonds. The van der Waals surface area contributed by atoms with Gasteiger partial charge >= 0.3 is 0 Å². The van der Waals surface area contributed by atoms with E-state index in [4.69, 9.17) is 4.74 Å². The van der Waals surface area contributed by atoms with Crippen molar-refractivity contribution in [3.8, 4) is 11.4 Å². The third-order valence-corrected chi connectivity index (χ3v) is 4.02. The fourth-order valence-corrected chi connectivity index (χ4v) is 3.05. The van der Waals surface area contributed by atoms with Crippen LogP contribution in [0.5, 0.6) is 0 Å². The molecule has 2 aromatic heterocycles. The highest BCUT2D eigenvalue weighted by Gasteiger charge is 2.12. The molecule has 0 aromatic carbocycles. The molecule has 2 heterocycles. The lowest BCUT2D eigenvalue weighted by atomic mass is 10.2. The fourth-order valence-electron chi connectivity index (χ4n) is 1.84. The lowest BCUT2D eigenvalue weighted by molar-refractivity contribution is 0.130. The molecule has 0 saturated carbocycles. The van der Waals surface area contributed by atoms with Gasteiger partial charge in [-0.05, 0) is 43.7 Å². The second-order valence-corrected chi connectivity index (χ2v) is 6.00. The molecular formula is C15H18N2OSi. The smallest absolute Gasteiger partial charge is 0.121 e. The van der Waals surface area contributed by atoms with Gasteiger partial charge in [0.1, 0.15) is 9.52 Å². The Labute approximate surface area is 116 Å². The number of nitrogens with zero attached hydrogens (tertiary/aromatic N) is 2. The summed E-state index contributed by atoms with van der Waals surface area (Å²) in [5, 5.41) is 1.21. The average molecular weight is 270 g/mol. The molecule has 0 aliphatic heterocycles. The normalized spacial score (nSPS) is 12.4. The van der Waals surface area contributed by atoms with Crippen molar-refractivity contribution in [3.05, 3.63) is 42.2 Å². The van der Waals surface area contributed by atoms with Crippen molar-refractivity contribution in [2.24, 2.45) is 0 Å². The van der Waals surface area contributed by atoms with Crippen molar-refractivity contribution in [3.63, 3.8) is 0 Å². The predicted molar refractivity (Wildman–Crippen MR) is 78.7 cm³/mol. The van der Waals surface area contributed by atoms with Gasteiger partial charge in [-0.15, -0.1) is 0 Å². The Morgan fingerprint density at radius 2 is 2.11 bits per heavy atom. The van der Waals surface area contributed by atoms with E-state index in [0.29, 0.717) is 9.52 Å². The second kappa shape index (κ2) is 6.59. The summed E-state index contributed by atoms with van der Waals surface area (Å²) in [5.74, 6) is 0. The summed E-state index contributed by atoms with van der Waals surface area (Å²) in [4.78, 5) is 8.94. The zero-order chi connectivity index (χ0) is 13.7. The maximum atomic E-state index is 5.62. The van der Waals surface area contributed by atoms with Crippen molar-refractivity contribution >= 4 is 14.7 Å². The van der Waals surface area contributed by atoms with Crippen LogP contribution in [-0.4, -0.2) is 31.8 Å². The van der Waals surface area contributed by atoms with E-state index in [2.05, 4.69) is 29.0 Å². The van der Waals surface area contributed by atoms with Crippen LogP contribution in [0.25, 0.3) is 11.4 Å². The van der Waals surface area contributed by atoms with E-state index in [0.717, 1.165) is 23.6 Å². The highest BCUT2D eigenvalue weighted by molar-refractivity contribution is 6.56. The molecule has 0 aliphatic rings. The highest BCUT2D eigenvalue weighted by atomic mass is 28.2. The van der Waals surface area contributed by atoms with Crippen LogP contribution in [0.2, 0.25) is 0 Å². The molecule has 2 rings (SSSR count). The highest BCUT2D eigenvalue weighted by Crippen LogP contribution is 2.12. The van der Waals surface area contributed by atoms with E-state index in [1.807, 2.05) is 38.4 Å². The minimum absolute atomic E-state index is 0.221. The molecule has 1 atom stereocenters. The molecule has 0 saturated heterocycles. The van der Waals surface area contributed by atoms with Crippen LogP contribution in [0.3, 0.4) is 0 Å². The summed E-state index contributed by atoms with van der Waals surface area (Å²) in [7, 11) is 0.582. The van der Waals surface area contributed by atoms with Crippen LogP contribution in [0.4, 0.5) is 0 Å². The standard InChI is InChI=1S/C15H18N2OSi/c1-4-18-12(3)19-14-6-5-9-16-15(14)13-8-7-11(2)10-17-13/h5-10,12H,4H2,1-3H3. The average Bonchev–Trinajstić information content (AvgIpc) is 2.41. The van der Waals surface area contributed by atoms with Crippen LogP contribution >= 0.6 is 0 Å². The van der Waals surface area contributed by atoms with E-state index >= 15 is 0 Å². The number of rotatable bonds is 5. The molecule has 0 spiro atoms. The maximum Gasteiger partial charge on any atom is 0.121 e. The van der Waals surface area contributed by atoms with Gasteiger partial charge in [0.15, 0.2) is 0 Å². The monoisotopic (exact) mass is 270 g/mol. The Morgan fingerprint density at radius 3 is 2.79 bits per heavy atom. The summed E-state index contributed by atoms with van der Waals surface area (Å²) in [6.07, 6.45) is 3.69. The molecule has 0 N–H and O–H groups in total. The lowest BCUT2D eigenvalue weighted by Crippen LogP contribution is -2.30. The van der Waals surface area contributed by atoms with Crippen LogP contribution in [0, 0.1) is 6.92 Å². The summed E-state index contributed by atoms with van der Waals surface area (Å²) >= 11 is 0. The zero-order valence-electron chi connectivity index (χ0n) is 11.6. The van der Waals surface area contributed by atoms with Crippen molar-refractivity contribution in [1.29, 1.82) is 0 Å². The number of hydrogen-bond acceptors (Lipinski definition) is 3. The molecule has 0 bridgehead atoms. The lowest BCUT2D eigenvalue weighted by Gasteiger charge is -2.12. The van der Waals surface area contributed by atoms with Crippen LogP contribution in [0.15, 0.2) is 36.7 Å². The molecule has 98 valence electrons. The molecule has 2 radical (unpaired) electrons. The van der Waals surface area contributed by atoms with Crippen molar-refractivity contribution < 1.29 is 4.74 Å². The fraction of sp³-hybridized carbons (Fsp3) is 0.333. The molecule has 2 aromatic rings. The van der Waals surface area contributed by atoms with Gasteiger partial charge in [0.05, 0.1) is 11.4 Å². The van der Waals surface area contributed by atoms with E-state index in [1.54, 1.807) is 0 Å². The summed E-state index contributed by atoms with van der Waals surface area (Å²) in [6, 6.07) is 8.17. The molecule has 19 heavy (non-hydrogen) atoms. The molecule has 0 aliphatic carbocycles. The van der Waals surface area contributed by atoms with Gasteiger partial charge in [-0.2, -0.15) is 0 Å². The minimum Gasteiger partial charge on any atom is -0.382 e. The van der Waals surface area contributed by atoms with Crippen molar-refractivity contribution in [2.75, 3.05) is 6.61 Å². The van der Waals surface area contributed by atoms with Crippen molar-refractivity contribution in [2.45, 2.75) is 26.5 Å². The van der Waals surface area contributed by atoms with Gasteiger partial charge in [0.2, 0.25) is 0 Å². The van der Waals surface area contributed by atoms with Gasteiger partial charge in [0, 0.05) is 24.7 Å². The van der Waals surface area contributed by atoms with E-state index < -0.39 is 0 Å². The molecule has 3 nitrogen and oxygen atoms in total. The van der Waals surface area contributed by atoms with Crippen molar-refractivity contribution in [1.82, 2.24) is 9.97 Å².